The summed E-state index contributed by atoms with van der Waals surface area (Å²) in [6.07, 6.45) is 1.21. The summed E-state index contributed by atoms with van der Waals surface area (Å²) in [7, 11) is 4.76. The molecule has 1 aliphatic heterocycles. The van der Waals surface area contributed by atoms with Crippen LogP contribution in [0.25, 0.3) is 10.8 Å². The zero-order chi connectivity index (χ0) is 23.4. The van der Waals surface area contributed by atoms with Gasteiger partial charge in [0.05, 0.1) is 21.3 Å². The summed E-state index contributed by atoms with van der Waals surface area (Å²) in [5, 5.41) is 4.74. The Balaban J connectivity index is 1.43. The molecule has 2 amide bonds. The van der Waals surface area contributed by atoms with Gasteiger partial charge in [-0.1, -0.05) is 24.3 Å². The van der Waals surface area contributed by atoms with Gasteiger partial charge >= 0.3 is 0 Å². The molecule has 0 atom stereocenters. The highest BCUT2D eigenvalue weighted by Gasteiger charge is 2.29. The summed E-state index contributed by atoms with van der Waals surface area (Å²) < 4.78 is 16.0. The van der Waals surface area contributed by atoms with E-state index in [2.05, 4.69) is 5.32 Å². The lowest BCUT2D eigenvalue weighted by atomic mass is 9.94. The SMILES string of the molecule is COc1cc(NC(=O)C2CCN(C(=O)c3ccc(OC)c4ccccc34)CC2)cc(OC)c1. The van der Waals surface area contributed by atoms with Crippen LogP contribution in [0.15, 0.2) is 54.6 Å². The van der Waals surface area contributed by atoms with Crippen molar-refractivity contribution in [1.82, 2.24) is 4.90 Å². The molecule has 1 saturated heterocycles. The first kappa shape index (κ1) is 22.5. The number of fused-ring (bicyclic) bond motifs is 1. The van der Waals surface area contributed by atoms with Crippen LogP contribution in [0.5, 0.6) is 17.2 Å². The van der Waals surface area contributed by atoms with E-state index in [-0.39, 0.29) is 17.7 Å². The Morgan fingerprint density at radius 1 is 0.848 bits per heavy atom. The van der Waals surface area contributed by atoms with Gasteiger partial charge < -0.3 is 24.4 Å². The zero-order valence-electron chi connectivity index (χ0n) is 19.1. The van der Waals surface area contributed by atoms with Crippen molar-refractivity contribution < 1.29 is 23.8 Å². The Morgan fingerprint density at radius 2 is 1.48 bits per heavy atom. The second kappa shape index (κ2) is 9.81. The van der Waals surface area contributed by atoms with Crippen molar-refractivity contribution in [3.05, 3.63) is 60.2 Å². The maximum Gasteiger partial charge on any atom is 0.254 e. The average Bonchev–Trinajstić information content (AvgIpc) is 2.87. The van der Waals surface area contributed by atoms with Crippen molar-refractivity contribution in [3.63, 3.8) is 0 Å². The number of ether oxygens (including phenoxy) is 3. The van der Waals surface area contributed by atoms with E-state index in [1.165, 1.54) is 0 Å². The molecule has 7 heteroatoms. The molecule has 1 fully saturated rings. The van der Waals surface area contributed by atoms with E-state index in [0.717, 1.165) is 16.5 Å². The highest BCUT2D eigenvalue weighted by Crippen LogP contribution is 2.31. The van der Waals surface area contributed by atoms with Gasteiger partial charge in [0, 0.05) is 53.8 Å². The minimum absolute atomic E-state index is 0.0229. The molecule has 1 N–H and O–H groups in total. The largest absolute Gasteiger partial charge is 0.497 e. The van der Waals surface area contributed by atoms with Crippen LogP contribution in [0, 0.1) is 5.92 Å². The van der Waals surface area contributed by atoms with Gasteiger partial charge in [0.15, 0.2) is 0 Å². The van der Waals surface area contributed by atoms with Gasteiger partial charge in [-0.2, -0.15) is 0 Å². The Bertz CT molecular complexity index is 1150. The van der Waals surface area contributed by atoms with Gasteiger partial charge in [-0.05, 0) is 30.4 Å². The highest BCUT2D eigenvalue weighted by molar-refractivity contribution is 6.08. The molecule has 33 heavy (non-hydrogen) atoms. The number of likely N-dealkylation sites (tertiary alicyclic amines) is 1. The smallest absolute Gasteiger partial charge is 0.254 e. The number of rotatable bonds is 6. The number of nitrogens with one attached hydrogen (secondary N) is 1. The molecule has 0 spiro atoms. The monoisotopic (exact) mass is 448 g/mol. The molecule has 7 nitrogen and oxygen atoms in total. The molecule has 0 bridgehead atoms. The molecule has 0 radical (unpaired) electrons. The second-order valence-corrected chi connectivity index (χ2v) is 8.02. The Morgan fingerprint density at radius 3 is 2.09 bits per heavy atom. The third kappa shape index (κ3) is 4.72. The summed E-state index contributed by atoms with van der Waals surface area (Å²) >= 11 is 0. The van der Waals surface area contributed by atoms with Crippen LogP contribution in [0.2, 0.25) is 0 Å². The van der Waals surface area contributed by atoms with Crippen LogP contribution in [0.4, 0.5) is 5.69 Å². The summed E-state index contributed by atoms with van der Waals surface area (Å²) in [6, 6.07) is 16.7. The third-order valence-corrected chi connectivity index (χ3v) is 6.11. The number of hydrogen-bond donors (Lipinski definition) is 1. The first-order valence-electron chi connectivity index (χ1n) is 10.9. The van der Waals surface area contributed by atoms with E-state index in [1.54, 1.807) is 39.5 Å². The minimum Gasteiger partial charge on any atom is -0.497 e. The molecule has 0 aromatic heterocycles. The highest BCUT2D eigenvalue weighted by atomic mass is 16.5. The summed E-state index contributed by atoms with van der Waals surface area (Å²) in [5.41, 5.74) is 1.28. The predicted molar refractivity (Wildman–Crippen MR) is 127 cm³/mol. The van der Waals surface area contributed by atoms with Gasteiger partial charge in [-0.15, -0.1) is 0 Å². The lowest BCUT2D eigenvalue weighted by molar-refractivity contribution is -0.121. The normalized spacial score (nSPS) is 14.1. The van der Waals surface area contributed by atoms with Crippen LogP contribution in [0.1, 0.15) is 23.2 Å². The summed E-state index contributed by atoms with van der Waals surface area (Å²) in [4.78, 5) is 28.0. The molecule has 1 heterocycles. The summed E-state index contributed by atoms with van der Waals surface area (Å²) in [6.45, 7) is 1.05. The number of carbonyl (C=O) groups is 2. The lowest BCUT2D eigenvalue weighted by Gasteiger charge is -2.31. The fraction of sp³-hybridized carbons (Fsp3) is 0.308. The molecule has 172 valence electrons. The standard InChI is InChI=1S/C26H28N2O5/c1-31-19-14-18(15-20(16-19)32-2)27-25(29)17-10-12-28(13-11-17)26(30)23-8-9-24(33-3)22-7-5-4-6-21(22)23/h4-9,14-17H,10-13H2,1-3H3,(H,27,29). The van der Waals surface area contributed by atoms with E-state index in [1.807, 2.05) is 41.3 Å². The van der Waals surface area contributed by atoms with Gasteiger partial charge in [-0.3, -0.25) is 9.59 Å². The van der Waals surface area contributed by atoms with Crippen molar-refractivity contribution >= 4 is 28.3 Å². The molecule has 3 aromatic rings. The number of methoxy groups -OCH3 is 3. The third-order valence-electron chi connectivity index (χ3n) is 6.11. The number of piperidine rings is 1. The lowest BCUT2D eigenvalue weighted by Crippen LogP contribution is -2.41. The number of amides is 2. The van der Waals surface area contributed by atoms with E-state index >= 15 is 0 Å². The molecule has 4 rings (SSSR count). The van der Waals surface area contributed by atoms with Crippen LogP contribution in [0.3, 0.4) is 0 Å². The van der Waals surface area contributed by atoms with Crippen molar-refractivity contribution in [3.8, 4) is 17.2 Å². The van der Waals surface area contributed by atoms with Crippen LogP contribution in [-0.2, 0) is 4.79 Å². The maximum absolute atomic E-state index is 13.3. The number of anilines is 1. The van der Waals surface area contributed by atoms with Crippen molar-refractivity contribution in [1.29, 1.82) is 0 Å². The zero-order valence-corrected chi connectivity index (χ0v) is 19.1. The van der Waals surface area contributed by atoms with Gasteiger partial charge in [-0.25, -0.2) is 0 Å². The minimum atomic E-state index is -0.168. The van der Waals surface area contributed by atoms with E-state index in [4.69, 9.17) is 14.2 Å². The van der Waals surface area contributed by atoms with E-state index in [0.29, 0.717) is 48.7 Å². The Hall–Kier alpha value is -3.74. The van der Waals surface area contributed by atoms with E-state index < -0.39 is 0 Å². The van der Waals surface area contributed by atoms with Crippen molar-refractivity contribution in [2.45, 2.75) is 12.8 Å². The Labute approximate surface area is 193 Å². The molecule has 1 aliphatic rings. The molecule has 0 aliphatic carbocycles. The van der Waals surface area contributed by atoms with Crippen molar-refractivity contribution in [2.75, 3.05) is 39.7 Å². The molecular formula is C26H28N2O5. The fourth-order valence-corrected chi connectivity index (χ4v) is 4.27. The maximum atomic E-state index is 13.3. The topological polar surface area (TPSA) is 77.1 Å². The van der Waals surface area contributed by atoms with Crippen LogP contribution < -0.4 is 19.5 Å². The average molecular weight is 449 g/mol. The van der Waals surface area contributed by atoms with Crippen LogP contribution in [-0.4, -0.2) is 51.1 Å². The van der Waals surface area contributed by atoms with Gasteiger partial charge in [0.25, 0.3) is 5.91 Å². The molecule has 0 unspecified atom stereocenters. The number of carbonyl (C=O) groups excluding carboxylic acids is 2. The first-order chi connectivity index (χ1) is 16.0. The quantitative estimate of drug-likeness (QED) is 0.607. The molecule has 0 saturated carbocycles. The number of nitrogens with zero attached hydrogens (tertiary/aromatic N) is 1. The van der Waals surface area contributed by atoms with Crippen LogP contribution >= 0.6 is 0 Å². The summed E-state index contributed by atoms with van der Waals surface area (Å²) in [5.74, 6) is 1.71. The second-order valence-electron chi connectivity index (χ2n) is 8.02. The fourth-order valence-electron chi connectivity index (χ4n) is 4.27. The Kier molecular flexibility index (Phi) is 6.68. The van der Waals surface area contributed by atoms with Crippen molar-refractivity contribution in [2.24, 2.45) is 5.92 Å². The molecule has 3 aromatic carbocycles. The molecular weight excluding hydrogens is 420 g/mol. The predicted octanol–water partition coefficient (Wildman–Crippen LogP) is 4.36. The van der Waals surface area contributed by atoms with Gasteiger partial charge in [0.2, 0.25) is 5.91 Å². The number of hydrogen-bond acceptors (Lipinski definition) is 5. The first-order valence-corrected chi connectivity index (χ1v) is 10.9. The van der Waals surface area contributed by atoms with E-state index in [9.17, 15) is 9.59 Å². The number of benzene rings is 3. The van der Waals surface area contributed by atoms with Gasteiger partial charge in [0.1, 0.15) is 17.2 Å².